The monoisotopic (exact) mass is 1350 g/mol. The summed E-state index contributed by atoms with van der Waals surface area (Å²) in [5.74, 6) is 4.80. The zero-order valence-corrected chi connectivity index (χ0v) is 66.4. The molecule has 8 aliphatic rings. The van der Waals surface area contributed by atoms with E-state index in [2.05, 4.69) is 27.4 Å². The fourth-order valence-corrected chi connectivity index (χ4v) is 11.9. The third-order valence-corrected chi connectivity index (χ3v) is 18.1. The molecule has 2 N–H and O–H groups in total. The number of hydrogen-bond donors (Lipinski definition) is 1. The Morgan fingerprint density at radius 2 is 0.458 bits per heavy atom. The lowest BCUT2D eigenvalue weighted by Gasteiger charge is -2.40. The highest BCUT2D eigenvalue weighted by molar-refractivity contribution is 5.85. The summed E-state index contributed by atoms with van der Waals surface area (Å²) in [5, 5.41) is 0. The van der Waals surface area contributed by atoms with E-state index in [1.165, 1.54) is 77.0 Å². The molecule has 0 radical (unpaired) electrons. The van der Waals surface area contributed by atoms with Crippen LogP contribution in [0.1, 0.15) is 278 Å². The molecule has 96 heavy (non-hydrogen) atoms. The lowest BCUT2D eigenvalue weighted by Crippen LogP contribution is -2.52. The number of amides is 8. The van der Waals surface area contributed by atoms with Crippen molar-refractivity contribution < 1.29 is 38.4 Å². The van der Waals surface area contributed by atoms with Crippen molar-refractivity contribution >= 4 is 47.3 Å². The van der Waals surface area contributed by atoms with Gasteiger partial charge in [-0.15, -0.1) is 0 Å². The maximum absolute atomic E-state index is 11.9. The van der Waals surface area contributed by atoms with Gasteiger partial charge in [0.25, 0.3) is 0 Å². The fourth-order valence-electron chi connectivity index (χ4n) is 11.9. The van der Waals surface area contributed by atoms with Crippen LogP contribution >= 0.6 is 0 Å². The third kappa shape index (κ3) is 33.4. The summed E-state index contributed by atoms with van der Waals surface area (Å²) in [5.41, 5.74) is 4.68. The van der Waals surface area contributed by atoms with Gasteiger partial charge in [-0.05, 0) is 101 Å². The topological polar surface area (TPSA) is 188 Å². The van der Waals surface area contributed by atoms with Gasteiger partial charge in [0, 0.05) is 160 Å². The molecule has 17 nitrogen and oxygen atoms in total. The molecule has 8 heterocycles. The molecule has 0 bridgehead atoms. The quantitative estimate of drug-likeness (QED) is 0.266. The van der Waals surface area contributed by atoms with Crippen LogP contribution in [-0.4, -0.2) is 191 Å². The smallest absolute Gasteiger partial charge is 0.227 e. The molecule has 0 saturated carbocycles. The minimum Gasteiger partial charge on any atom is -0.402 e. The number of nitrogens with two attached hydrogens (primary N) is 1. The molecule has 17 heteroatoms. The van der Waals surface area contributed by atoms with Crippen LogP contribution in [0.4, 0.5) is 0 Å². The first kappa shape index (κ1) is 91.3. The van der Waals surface area contributed by atoms with Gasteiger partial charge in [-0.1, -0.05) is 201 Å². The lowest BCUT2D eigenvalue weighted by atomic mass is 9.91. The molecule has 8 fully saturated rings. The van der Waals surface area contributed by atoms with Gasteiger partial charge in [0.1, 0.15) is 0 Å². The second-order valence-corrected chi connectivity index (χ2v) is 37.1. The number of likely N-dealkylation sites (tertiary alicyclic amines) is 8. The molecule has 2 atom stereocenters. The normalized spacial score (nSPS) is 20.4. The van der Waals surface area contributed by atoms with E-state index in [9.17, 15) is 38.4 Å². The summed E-state index contributed by atoms with van der Waals surface area (Å²) in [4.78, 5) is 109. The summed E-state index contributed by atoms with van der Waals surface area (Å²) in [6, 6.07) is 0. The molecule has 8 aliphatic heterocycles. The van der Waals surface area contributed by atoms with Gasteiger partial charge in [-0.25, -0.2) is 0 Å². The highest BCUT2D eigenvalue weighted by Crippen LogP contribution is 2.30. The maximum Gasteiger partial charge on any atom is 0.227 e. The Labute approximate surface area is 589 Å². The number of carbonyl (C=O) groups is 8. The summed E-state index contributed by atoms with van der Waals surface area (Å²) < 4.78 is 0. The highest BCUT2D eigenvalue weighted by Gasteiger charge is 2.37. The molecular formula is C79H151N9O8. The third-order valence-electron chi connectivity index (χ3n) is 18.1. The van der Waals surface area contributed by atoms with Gasteiger partial charge >= 0.3 is 0 Å². The highest BCUT2D eigenvalue weighted by atomic mass is 16.2. The molecular weight excluding hydrogens is 1200 g/mol. The predicted octanol–water partition coefficient (Wildman–Crippen LogP) is 14.7. The lowest BCUT2D eigenvalue weighted by molar-refractivity contribution is -0.145. The van der Waals surface area contributed by atoms with Crippen molar-refractivity contribution in [3.63, 3.8) is 0 Å². The average Bonchev–Trinajstić information content (AvgIpc) is 1.13. The van der Waals surface area contributed by atoms with Crippen LogP contribution in [0.5, 0.6) is 0 Å². The first-order valence-electron chi connectivity index (χ1n) is 36.9. The number of piperidine rings is 3. The Kier molecular flexibility index (Phi) is 37.4. The Morgan fingerprint density at radius 1 is 0.260 bits per heavy atom. The van der Waals surface area contributed by atoms with Gasteiger partial charge < -0.3 is 44.9 Å². The van der Waals surface area contributed by atoms with Crippen LogP contribution in [0, 0.1) is 67.0 Å². The number of nitrogens with zero attached hydrogens (tertiary/aromatic N) is 8. The molecule has 8 amide bonds. The first-order valence-corrected chi connectivity index (χ1v) is 36.9. The molecule has 0 aromatic rings. The second kappa shape index (κ2) is 39.3. The molecule has 2 unspecified atom stereocenters. The molecule has 0 aromatic carbocycles. The summed E-state index contributed by atoms with van der Waals surface area (Å²) >= 11 is 0. The van der Waals surface area contributed by atoms with Gasteiger partial charge in [-0.3, -0.25) is 38.4 Å². The van der Waals surface area contributed by atoms with E-state index in [4.69, 9.17) is 5.73 Å². The van der Waals surface area contributed by atoms with Crippen molar-refractivity contribution in [2.75, 3.05) is 105 Å². The van der Waals surface area contributed by atoms with Crippen molar-refractivity contribution in [1.29, 1.82) is 0 Å². The minimum atomic E-state index is -0.287. The zero-order valence-electron chi connectivity index (χ0n) is 66.4. The molecule has 8 saturated heterocycles. The van der Waals surface area contributed by atoms with Crippen LogP contribution < -0.4 is 5.73 Å². The maximum atomic E-state index is 11.9. The van der Waals surface area contributed by atoms with Crippen LogP contribution in [0.3, 0.4) is 0 Å². The minimum absolute atomic E-state index is 0. The van der Waals surface area contributed by atoms with E-state index in [0.717, 1.165) is 117 Å². The van der Waals surface area contributed by atoms with Crippen LogP contribution in [0.2, 0.25) is 0 Å². The van der Waals surface area contributed by atoms with E-state index >= 15 is 0 Å². The van der Waals surface area contributed by atoms with Crippen LogP contribution in [0.15, 0.2) is 12.3 Å². The van der Waals surface area contributed by atoms with E-state index in [-0.39, 0.29) is 62.6 Å². The molecule has 0 aromatic heterocycles. The molecule has 560 valence electrons. The van der Waals surface area contributed by atoms with Crippen molar-refractivity contribution in [1.82, 2.24) is 39.2 Å². The molecule has 8 rings (SSSR count). The SMILES string of the molecule is C.C=C(N)C1CCN(C(=O)C(C)(C)C)C1.CC(C)(C)C(=O)N1CCC1.CC(C)(C)C(=O)N1CCCC1.CC(C)(C)C(=O)N1CCCCC1.CC(C)(C)C(=O)N1CCCCC1.CC1CCN(C(=O)C(C)(C)C)C1.CC1CCN(C(=O)C(C)(C)C)CC1.CC1CN(C(=O)C(C)(C)C)C1. The Morgan fingerprint density at radius 3 is 0.677 bits per heavy atom. The van der Waals surface area contributed by atoms with Crippen LogP contribution in [0.25, 0.3) is 0 Å². The Balaban J connectivity index is 0.00000107. The number of carbonyl (C=O) groups excluding carboxylic acids is 8. The van der Waals surface area contributed by atoms with Gasteiger partial charge in [0.05, 0.1) is 0 Å². The Bertz CT molecular complexity index is 2320. The summed E-state index contributed by atoms with van der Waals surface area (Å²) in [7, 11) is 0. The van der Waals surface area contributed by atoms with Crippen molar-refractivity contribution in [2.24, 2.45) is 72.7 Å². The fraction of sp³-hybridized carbons (Fsp3) is 0.873. The second-order valence-electron chi connectivity index (χ2n) is 37.1. The van der Waals surface area contributed by atoms with Crippen LogP contribution in [-0.2, 0) is 38.4 Å². The molecule has 0 spiro atoms. The van der Waals surface area contributed by atoms with Gasteiger partial charge in [-0.2, -0.15) is 0 Å². The zero-order chi connectivity index (χ0) is 73.6. The van der Waals surface area contributed by atoms with Crippen molar-refractivity contribution in [2.45, 2.75) is 278 Å². The van der Waals surface area contributed by atoms with Gasteiger partial charge in [0.2, 0.25) is 47.3 Å². The van der Waals surface area contributed by atoms with E-state index < -0.39 is 0 Å². The largest absolute Gasteiger partial charge is 0.402 e. The standard InChI is InChI=1S/C11H20N2O.C11H21NO.3C10H19NO.2C9H17NO.C8H15NO.CH4/c1-8(12)9-5-6-13(7-9)10(14)11(2,3)4;1-9-5-7-12(8-6-9)10(13)11(2,3)4;1-8-5-6-11(7-8)9(12)10(2,3)4;2*1-10(2,3)9(12)11-7-5-4-6-8-11;1-7-5-10(6-7)8(11)9(2,3)4;1-9(2,3)8(11)10-6-4-5-7-10;1-8(2,3)7(10)9-5-4-6-9;/h9H,1,5-7,12H2,2-4H3;9H,5-8H2,1-4H3;8H,5-7H2,1-4H3;2*4-8H2,1-3H3;7H,5-6H2,1-4H3;4-7H2,1-3H3;4-6H2,1-3H3;1H4. The molecule has 0 aliphatic carbocycles. The predicted molar refractivity (Wildman–Crippen MR) is 399 cm³/mol. The van der Waals surface area contributed by atoms with Crippen molar-refractivity contribution in [3.8, 4) is 0 Å². The number of rotatable bonds is 1. The summed E-state index contributed by atoms with van der Waals surface area (Å²) in [6.45, 7) is 72.9. The van der Waals surface area contributed by atoms with E-state index in [1.807, 2.05) is 205 Å². The first-order chi connectivity index (χ1) is 43.1. The average molecular weight is 1360 g/mol. The van der Waals surface area contributed by atoms with E-state index in [1.54, 1.807) is 0 Å². The Hall–Kier alpha value is -4.70. The van der Waals surface area contributed by atoms with Gasteiger partial charge in [0.15, 0.2) is 0 Å². The summed E-state index contributed by atoms with van der Waals surface area (Å²) in [6.07, 6.45) is 15.3. The number of hydrogen-bond acceptors (Lipinski definition) is 9. The van der Waals surface area contributed by atoms with E-state index in [0.29, 0.717) is 58.9 Å². The van der Waals surface area contributed by atoms with Crippen molar-refractivity contribution in [3.05, 3.63) is 12.3 Å².